The monoisotopic (exact) mass is 341 g/mol. The molecule has 2 saturated heterocycles. The molecule has 8 heteroatoms. The van der Waals surface area contributed by atoms with Crippen molar-refractivity contribution < 1.29 is 13.5 Å². The lowest BCUT2D eigenvalue weighted by Gasteiger charge is -2.49. The summed E-state index contributed by atoms with van der Waals surface area (Å²) in [6.07, 6.45) is 0.706. The lowest BCUT2D eigenvalue weighted by Crippen LogP contribution is -2.61. The zero-order valence-electron chi connectivity index (χ0n) is 14.0. The molecule has 2 aliphatic rings. The number of halogens is 2. The Bertz CT molecular complexity index is 531. The minimum atomic E-state index is -2.58. The van der Waals surface area contributed by atoms with Gasteiger partial charge in [-0.05, 0) is 33.0 Å². The van der Waals surface area contributed by atoms with Gasteiger partial charge in [0, 0.05) is 31.2 Å². The predicted molar refractivity (Wildman–Crippen MR) is 87.3 cm³/mol. The highest BCUT2D eigenvalue weighted by Crippen LogP contribution is 2.30. The maximum absolute atomic E-state index is 12.8. The Morgan fingerprint density at radius 3 is 2.58 bits per heavy atom. The first-order valence-corrected chi connectivity index (χ1v) is 8.44. The van der Waals surface area contributed by atoms with E-state index in [9.17, 15) is 8.78 Å². The van der Waals surface area contributed by atoms with E-state index < -0.39 is 6.43 Å². The van der Waals surface area contributed by atoms with Crippen molar-refractivity contribution in [3.8, 4) is 0 Å². The molecule has 0 amide bonds. The molecule has 0 saturated carbocycles. The number of rotatable bonds is 5. The zero-order valence-corrected chi connectivity index (χ0v) is 14.0. The van der Waals surface area contributed by atoms with Crippen molar-refractivity contribution in [3.63, 3.8) is 0 Å². The van der Waals surface area contributed by atoms with Crippen LogP contribution in [0.15, 0.2) is 12.4 Å². The number of aromatic nitrogens is 2. The van der Waals surface area contributed by atoms with Crippen LogP contribution in [0.4, 0.5) is 14.6 Å². The maximum Gasteiger partial charge on any atom is 0.280 e. The molecule has 3 rings (SSSR count). The Hall–Kier alpha value is -1.38. The van der Waals surface area contributed by atoms with E-state index in [1.165, 1.54) is 12.4 Å². The number of alkyl halides is 2. The number of likely N-dealkylation sites (tertiary alicyclic amines) is 1. The molecule has 0 bridgehead atoms. The minimum Gasteiger partial charge on any atom is -0.379 e. The smallest absolute Gasteiger partial charge is 0.280 e. The predicted octanol–water partition coefficient (Wildman–Crippen LogP) is 1.62. The molecule has 1 N–H and O–H groups in total. The van der Waals surface area contributed by atoms with Gasteiger partial charge in [-0.1, -0.05) is 0 Å². The number of nitrogens with one attached hydrogen (secondary N) is 1. The summed E-state index contributed by atoms with van der Waals surface area (Å²) in [4.78, 5) is 12.5. The second-order valence-electron chi connectivity index (χ2n) is 6.61. The van der Waals surface area contributed by atoms with Gasteiger partial charge in [0.05, 0.1) is 13.2 Å². The van der Waals surface area contributed by atoms with Gasteiger partial charge in [0.1, 0.15) is 17.8 Å². The number of hydrogen-bond donors (Lipinski definition) is 1. The van der Waals surface area contributed by atoms with Crippen molar-refractivity contribution in [2.45, 2.75) is 24.8 Å². The number of hydrogen-bond acceptors (Lipinski definition) is 6. The first-order valence-electron chi connectivity index (χ1n) is 8.44. The third-order valence-electron chi connectivity index (χ3n) is 5.11. The molecular weight excluding hydrogens is 316 g/mol. The summed E-state index contributed by atoms with van der Waals surface area (Å²) < 4.78 is 31.1. The molecule has 134 valence electrons. The zero-order chi connectivity index (χ0) is 17.0. The summed E-state index contributed by atoms with van der Waals surface area (Å²) in [5, 5.41) is 3.28. The largest absolute Gasteiger partial charge is 0.379 e. The second-order valence-corrected chi connectivity index (χ2v) is 6.61. The average molecular weight is 341 g/mol. The summed E-state index contributed by atoms with van der Waals surface area (Å²) in [5.41, 5.74) is -0.219. The van der Waals surface area contributed by atoms with Crippen LogP contribution in [0.5, 0.6) is 0 Å². The van der Waals surface area contributed by atoms with E-state index in [0.29, 0.717) is 12.4 Å². The summed E-state index contributed by atoms with van der Waals surface area (Å²) in [6.45, 7) is 6.09. The van der Waals surface area contributed by atoms with Crippen LogP contribution in [0.3, 0.4) is 0 Å². The van der Waals surface area contributed by atoms with E-state index in [4.69, 9.17) is 4.74 Å². The fraction of sp³-hybridized carbons (Fsp3) is 0.750. The lowest BCUT2D eigenvalue weighted by atomic mass is 9.85. The van der Waals surface area contributed by atoms with Crippen LogP contribution < -0.4 is 5.32 Å². The van der Waals surface area contributed by atoms with Gasteiger partial charge in [0.2, 0.25) is 0 Å². The number of piperidine rings is 1. The normalized spacial score (nSPS) is 22.7. The number of ether oxygens (including phenoxy) is 1. The van der Waals surface area contributed by atoms with Gasteiger partial charge in [-0.2, -0.15) is 0 Å². The highest BCUT2D eigenvalue weighted by atomic mass is 19.3. The molecule has 6 nitrogen and oxygen atoms in total. The Kier molecular flexibility index (Phi) is 5.57. The molecule has 0 aliphatic carbocycles. The molecule has 3 heterocycles. The van der Waals surface area contributed by atoms with Gasteiger partial charge in [0.25, 0.3) is 6.43 Å². The minimum absolute atomic E-state index is 0.0201. The van der Waals surface area contributed by atoms with Gasteiger partial charge < -0.3 is 15.0 Å². The highest BCUT2D eigenvalue weighted by Gasteiger charge is 2.39. The molecule has 1 aromatic rings. The SMILES string of the molecule is CN1CCC(CNc2cc(C(F)F)ncn2)(N2CCOCC2)CC1. The molecular formula is C16H25F2N5O. The summed E-state index contributed by atoms with van der Waals surface area (Å²) in [6, 6.07) is 1.34. The molecule has 24 heavy (non-hydrogen) atoms. The van der Waals surface area contributed by atoms with E-state index in [0.717, 1.165) is 52.2 Å². The molecule has 0 radical (unpaired) electrons. The first kappa shape index (κ1) is 17.4. The molecule has 2 aliphatic heterocycles. The third kappa shape index (κ3) is 3.99. The molecule has 2 fully saturated rings. The van der Waals surface area contributed by atoms with E-state index >= 15 is 0 Å². The number of morpholine rings is 1. The van der Waals surface area contributed by atoms with Crippen molar-refractivity contribution in [2.24, 2.45) is 0 Å². The van der Waals surface area contributed by atoms with Crippen LogP contribution in [0.2, 0.25) is 0 Å². The Balaban J connectivity index is 1.71. The van der Waals surface area contributed by atoms with Gasteiger partial charge in [0.15, 0.2) is 0 Å². The average Bonchev–Trinajstić information content (AvgIpc) is 2.62. The number of nitrogens with zero attached hydrogens (tertiary/aromatic N) is 4. The van der Waals surface area contributed by atoms with Crippen LogP contribution in [0.1, 0.15) is 25.0 Å². The van der Waals surface area contributed by atoms with Crippen molar-refractivity contribution in [3.05, 3.63) is 18.1 Å². The highest BCUT2D eigenvalue weighted by molar-refractivity contribution is 5.36. The topological polar surface area (TPSA) is 53.5 Å². The fourth-order valence-electron chi connectivity index (χ4n) is 3.52. The third-order valence-corrected chi connectivity index (χ3v) is 5.11. The van der Waals surface area contributed by atoms with Gasteiger partial charge in [-0.3, -0.25) is 4.90 Å². The van der Waals surface area contributed by atoms with Gasteiger partial charge >= 0.3 is 0 Å². The van der Waals surface area contributed by atoms with Gasteiger partial charge in [-0.15, -0.1) is 0 Å². The Morgan fingerprint density at radius 2 is 1.92 bits per heavy atom. The maximum atomic E-state index is 12.8. The van der Waals surface area contributed by atoms with E-state index in [-0.39, 0.29) is 11.2 Å². The summed E-state index contributed by atoms with van der Waals surface area (Å²) in [5.74, 6) is 0.465. The lowest BCUT2D eigenvalue weighted by molar-refractivity contribution is -0.0396. The van der Waals surface area contributed by atoms with E-state index in [1.807, 2.05) is 0 Å². The molecule has 0 spiro atoms. The quantitative estimate of drug-likeness (QED) is 0.878. The van der Waals surface area contributed by atoms with Crippen molar-refractivity contribution >= 4 is 5.82 Å². The number of anilines is 1. The van der Waals surface area contributed by atoms with Crippen LogP contribution in [-0.4, -0.2) is 78.3 Å². The van der Waals surface area contributed by atoms with Crippen LogP contribution >= 0.6 is 0 Å². The molecule has 0 atom stereocenters. The molecule has 1 aromatic heterocycles. The van der Waals surface area contributed by atoms with Crippen LogP contribution in [-0.2, 0) is 4.74 Å². The van der Waals surface area contributed by atoms with Crippen molar-refractivity contribution in [1.82, 2.24) is 19.8 Å². The van der Waals surface area contributed by atoms with Crippen molar-refractivity contribution in [2.75, 3.05) is 58.3 Å². The van der Waals surface area contributed by atoms with Crippen LogP contribution in [0, 0.1) is 0 Å². The van der Waals surface area contributed by atoms with Crippen molar-refractivity contribution in [1.29, 1.82) is 0 Å². The standard InChI is InChI=1S/C16H25F2N5O/c1-22-4-2-16(3-5-22,23-6-8-24-9-7-23)11-19-14-10-13(15(17)18)20-12-21-14/h10,12,15H,2-9,11H2,1H3,(H,19,20,21). The van der Waals surface area contributed by atoms with E-state index in [1.54, 1.807) is 0 Å². The summed E-state index contributed by atoms with van der Waals surface area (Å²) in [7, 11) is 2.13. The summed E-state index contributed by atoms with van der Waals surface area (Å²) >= 11 is 0. The van der Waals surface area contributed by atoms with Crippen LogP contribution in [0.25, 0.3) is 0 Å². The Labute approximate surface area is 141 Å². The first-order chi connectivity index (χ1) is 11.6. The Morgan fingerprint density at radius 1 is 1.21 bits per heavy atom. The molecule has 0 unspecified atom stereocenters. The van der Waals surface area contributed by atoms with Gasteiger partial charge in [-0.25, -0.2) is 18.7 Å². The van der Waals surface area contributed by atoms with E-state index in [2.05, 4.69) is 32.1 Å². The molecule has 0 aromatic carbocycles. The fourth-order valence-corrected chi connectivity index (χ4v) is 3.52. The second kappa shape index (κ2) is 7.67.